The van der Waals surface area contributed by atoms with Crippen LogP contribution in [0.1, 0.15) is 45.1 Å². The second-order valence-corrected chi connectivity index (χ2v) is 7.47. The van der Waals surface area contributed by atoms with Gasteiger partial charge >= 0.3 is 12.0 Å². The first-order valence-electron chi connectivity index (χ1n) is 10.5. The third-order valence-corrected chi connectivity index (χ3v) is 5.04. The summed E-state index contributed by atoms with van der Waals surface area (Å²) in [6.07, 6.45) is 2.60. The maximum atomic E-state index is 12.7. The van der Waals surface area contributed by atoms with E-state index in [9.17, 15) is 14.4 Å². The Hall–Kier alpha value is -2.57. The van der Waals surface area contributed by atoms with Gasteiger partial charge in [0.25, 0.3) is 0 Å². The van der Waals surface area contributed by atoms with Crippen molar-refractivity contribution < 1.29 is 19.1 Å². The molecule has 0 saturated carbocycles. The summed E-state index contributed by atoms with van der Waals surface area (Å²) >= 11 is 0. The van der Waals surface area contributed by atoms with Crippen LogP contribution < -0.4 is 5.32 Å². The van der Waals surface area contributed by atoms with Gasteiger partial charge in [0, 0.05) is 38.3 Å². The highest BCUT2D eigenvalue weighted by Gasteiger charge is 2.29. The standard InChI is InChI=1S/C22H33N3O4/c1-4-12-24(22(28)23-19-10-6-8-17(3)15-19)14-11-20(26)25-13-7-9-18(16-25)21(27)29-5-2/h6,8,10,15,18H,4-5,7,9,11-14,16H2,1-3H3,(H,23,28). The Morgan fingerprint density at radius 3 is 2.72 bits per heavy atom. The number of likely N-dealkylation sites (tertiary alicyclic amines) is 1. The van der Waals surface area contributed by atoms with Gasteiger partial charge in [-0.2, -0.15) is 0 Å². The molecule has 0 aromatic heterocycles. The van der Waals surface area contributed by atoms with E-state index in [1.165, 1.54) is 0 Å². The minimum absolute atomic E-state index is 0.0246. The highest BCUT2D eigenvalue weighted by Crippen LogP contribution is 2.19. The molecule has 7 heteroatoms. The van der Waals surface area contributed by atoms with Crippen molar-refractivity contribution in [1.82, 2.24) is 9.80 Å². The number of carbonyl (C=O) groups excluding carboxylic acids is 3. The lowest BCUT2D eigenvalue weighted by Crippen LogP contribution is -2.44. The highest BCUT2D eigenvalue weighted by atomic mass is 16.5. The smallest absolute Gasteiger partial charge is 0.321 e. The van der Waals surface area contributed by atoms with Crippen molar-refractivity contribution >= 4 is 23.6 Å². The van der Waals surface area contributed by atoms with Crippen LogP contribution in [-0.4, -0.2) is 60.5 Å². The normalized spacial score (nSPS) is 16.2. The summed E-state index contributed by atoms with van der Waals surface area (Å²) in [6.45, 7) is 8.10. The topological polar surface area (TPSA) is 79.0 Å². The molecule has 1 N–H and O–H groups in total. The van der Waals surface area contributed by atoms with E-state index in [0.29, 0.717) is 32.8 Å². The van der Waals surface area contributed by atoms with E-state index in [1.54, 1.807) is 16.7 Å². The van der Waals surface area contributed by atoms with Gasteiger partial charge in [0.15, 0.2) is 0 Å². The predicted octanol–water partition coefficient (Wildman–Crippen LogP) is 3.43. The number of piperidine rings is 1. The monoisotopic (exact) mass is 403 g/mol. The fourth-order valence-corrected chi connectivity index (χ4v) is 3.56. The molecule has 0 spiro atoms. The molecule has 1 atom stereocenters. The van der Waals surface area contributed by atoms with Crippen molar-refractivity contribution in [1.29, 1.82) is 0 Å². The summed E-state index contributed by atoms with van der Waals surface area (Å²) in [5, 5.41) is 2.91. The third-order valence-electron chi connectivity index (χ3n) is 5.04. The molecule has 1 aromatic carbocycles. The molecule has 1 unspecified atom stereocenters. The first kappa shape index (κ1) is 22.7. The van der Waals surface area contributed by atoms with E-state index >= 15 is 0 Å². The molecule has 2 rings (SSSR count). The highest BCUT2D eigenvalue weighted by molar-refractivity contribution is 5.89. The Kier molecular flexibility index (Phi) is 8.96. The Morgan fingerprint density at radius 2 is 2.03 bits per heavy atom. The van der Waals surface area contributed by atoms with E-state index in [0.717, 1.165) is 30.5 Å². The van der Waals surface area contributed by atoms with Crippen molar-refractivity contribution in [3.05, 3.63) is 29.8 Å². The number of carbonyl (C=O) groups is 3. The van der Waals surface area contributed by atoms with Crippen LogP contribution in [0.5, 0.6) is 0 Å². The van der Waals surface area contributed by atoms with Crippen molar-refractivity contribution in [2.24, 2.45) is 5.92 Å². The van der Waals surface area contributed by atoms with Crippen LogP contribution in [0.15, 0.2) is 24.3 Å². The van der Waals surface area contributed by atoms with Gasteiger partial charge in [0.05, 0.1) is 12.5 Å². The van der Waals surface area contributed by atoms with Gasteiger partial charge in [-0.25, -0.2) is 4.79 Å². The molecule has 1 saturated heterocycles. The number of urea groups is 1. The quantitative estimate of drug-likeness (QED) is 0.675. The fraction of sp³-hybridized carbons (Fsp3) is 0.591. The average Bonchev–Trinajstić information content (AvgIpc) is 2.71. The van der Waals surface area contributed by atoms with E-state index in [2.05, 4.69) is 5.32 Å². The van der Waals surface area contributed by atoms with Crippen LogP contribution in [0.25, 0.3) is 0 Å². The summed E-state index contributed by atoms with van der Waals surface area (Å²) in [4.78, 5) is 40.7. The Labute approximate surface area is 173 Å². The number of nitrogens with zero attached hydrogens (tertiary/aromatic N) is 2. The molecule has 29 heavy (non-hydrogen) atoms. The molecule has 3 amide bonds. The molecular formula is C22H33N3O4. The summed E-state index contributed by atoms with van der Waals surface area (Å²) in [6, 6.07) is 7.43. The number of hydrogen-bond donors (Lipinski definition) is 1. The van der Waals surface area contributed by atoms with Crippen LogP contribution >= 0.6 is 0 Å². The number of nitrogens with one attached hydrogen (secondary N) is 1. The lowest BCUT2D eigenvalue weighted by atomic mass is 9.98. The lowest BCUT2D eigenvalue weighted by molar-refractivity contribution is -0.151. The number of rotatable bonds is 8. The van der Waals surface area contributed by atoms with Gasteiger partial charge in [0.2, 0.25) is 5.91 Å². The van der Waals surface area contributed by atoms with Crippen LogP contribution in [-0.2, 0) is 14.3 Å². The second kappa shape index (κ2) is 11.4. The molecule has 0 aliphatic carbocycles. The number of esters is 1. The zero-order chi connectivity index (χ0) is 21.2. The minimum Gasteiger partial charge on any atom is -0.466 e. The molecule has 1 aliphatic rings. The fourth-order valence-electron chi connectivity index (χ4n) is 3.56. The maximum absolute atomic E-state index is 12.7. The largest absolute Gasteiger partial charge is 0.466 e. The van der Waals surface area contributed by atoms with Crippen molar-refractivity contribution in [3.63, 3.8) is 0 Å². The van der Waals surface area contributed by atoms with Crippen LogP contribution in [0.2, 0.25) is 0 Å². The van der Waals surface area contributed by atoms with E-state index in [-0.39, 0.29) is 30.2 Å². The van der Waals surface area contributed by atoms with Gasteiger partial charge in [-0.05, 0) is 50.8 Å². The molecule has 0 radical (unpaired) electrons. The van der Waals surface area contributed by atoms with Crippen molar-refractivity contribution in [2.45, 2.75) is 46.5 Å². The molecule has 1 aromatic rings. The third kappa shape index (κ3) is 7.07. The zero-order valence-corrected chi connectivity index (χ0v) is 17.8. The molecule has 160 valence electrons. The Bertz CT molecular complexity index is 707. The first-order valence-corrected chi connectivity index (χ1v) is 10.5. The summed E-state index contributed by atoms with van der Waals surface area (Å²) in [5.74, 6) is -0.498. The molecule has 1 aliphatic heterocycles. The average molecular weight is 404 g/mol. The van der Waals surface area contributed by atoms with Crippen LogP contribution in [0.4, 0.5) is 10.5 Å². The number of ether oxygens (including phenoxy) is 1. The van der Waals surface area contributed by atoms with Crippen LogP contribution in [0.3, 0.4) is 0 Å². The van der Waals surface area contributed by atoms with E-state index < -0.39 is 0 Å². The molecule has 7 nitrogen and oxygen atoms in total. The minimum atomic E-state index is -0.246. The number of hydrogen-bond acceptors (Lipinski definition) is 4. The molecular weight excluding hydrogens is 370 g/mol. The Morgan fingerprint density at radius 1 is 1.24 bits per heavy atom. The predicted molar refractivity (Wildman–Crippen MR) is 113 cm³/mol. The zero-order valence-electron chi connectivity index (χ0n) is 17.8. The van der Waals surface area contributed by atoms with Crippen molar-refractivity contribution in [3.8, 4) is 0 Å². The SMILES string of the molecule is CCCN(CCC(=O)N1CCCC(C(=O)OCC)C1)C(=O)Nc1cccc(C)c1. The summed E-state index contributed by atoms with van der Waals surface area (Å²) < 4.78 is 5.10. The summed E-state index contributed by atoms with van der Waals surface area (Å²) in [7, 11) is 0. The lowest BCUT2D eigenvalue weighted by Gasteiger charge is -2.32. The van der Waals surface area contributed by atoms with Gasteiger partial charge in [-0.15, -0.1) is 0 Å². The molecule has 0 bridgehead atoms. The second-order valence-electron chi connectivity index (χ2n) is 7.47. The maximum Gasteiger partial charge on any atom is 0.321 e. The number of aryl methyl sites for hydroxylation is 1. The molecule has 1 fully saturated rings. The first-order chi connectivity index (χ1) is 13.9. The van der Waals surface area contributed by atoms with Gasteiger partial charge in [-0.1, -0.05) is 19.1 Å². The molecule has 1 heterocycles. The van der Waals surface area contributed by atoms with Gasteiger partial charge in [-0.3, -0.25) is 9.59 Å². The number of benzene rings is 1. The van der Waals surface area contributed by atoms with Crippen LogP contribution in [0, 0.1) is 12.8 Å². The van der Waals surface area contributed by atoms with Crippen molar-refractivity contribution in [2.75, 3.05) is 38.1 Å². The summed E-state index contributed by atoms with van der Waals surface area (Å²) in [5.41, 5.74) is 1.82. The number of anilines is 1. The number of amides is 3. The van der Waals surface area contributed by atoms with Gasteiger partial charge < -0.3 is 19.9 Å². The van der Waals surface area contributed by atoms with E-state index in [1.807, 2.05) is 38.1 Å². The Balaban J connectivity index is 1.89. The van der Waals surface area contributed by atoms with E-state index in [4.69, 9.17) is 4.74 Å². The van der Waals surface area contributed by atoms with Gasteiger partial charge in [0.1, 0.15) is 0 Å².